The van der Waals surface area contributed by atoms with Gasteiger partial charge in [0, 0.05) is 24.0 Å². The number of hydrogen-bond acceptors (Lipinski definition) is 4. The van der Waals surface area contributed by atoms with Gasteiger partial charge in [-0.2, -0.15) is 0 Å². The molecule has 6 nitrogen and oxygen atoms in total. The van der Waals surface area contributed by atoms with Gasteiger partial charge >= 0.3 is 0 Å². The topological polar surface area (TPSA) is 63.3 Å². The van der Waals surface area contributed by atoms with Crippen molar-refractivity contribution in [3.8, 4) is 5.82 Å². The molecule has 0 aliphatic carbocycles. The van der Waals surface area contributed by atoms with Crippen LogP contribution in [0, 0.1) is 26.7 Å². The monoisotopic (exact) mass is 372 g/mol. The summed E-state index contributed by atoms with van der Waals surface area (Å²) in [4.78, 5) is 15.1. The first-order valence-corrected chi connectivity index (χ1v) is 10.1. The van der Waals surface area contributed by atoms with Crippen LogP contribution in [0.2, 0.25) is 0 Å². The van der Waals surface area contributed by atoms with E-state index >= 15 is 0 Å². The second kappa shape index (κ2) is 8.74. The molecular weight excluding hydrogens is 340 g/mol. The maximum atomic E-state index is 12.6. The number of hydrogen-bond donors (Lipinski definition) is 1. The molecular formula is C21H32N4O2. The van der Waals surface area contributed by atoms with Crippen molar-refractivity contribution in [2.45, 2.75) is 53.4 Å². The molecule has 3 heterocycles. The number of unbranched alkanes of at least 4 members (excludes halogenated alkanes) is 1. The Hall–Kier alpha value is -2.08. The summed E-state index contributed by atoms with van der Waals surface area (Å²) in [5, 5.41) is 7.13. The molecule has 1 saturated heterocycles. The highest BCUT2D eigenvalue weighted by atomic mass is 16.5. The number of carbonyl (C=O) groups excluding carboxylic acids is 1. The van der Waals surface area contributed by atoms with Gasteiger partial charge in [-0.05, 0) is 78.1 Å². The minimum Gasteiger partial charge on any atom is -0.360 e. The fourth-order valence-electron chi connectivity index (χ4n) is 3.85. The second-order valence-electron chi connectivity index (χ2n) is 7.90. The van der Waals surface area contributed by atoms with Gasteiger partial charge in [0.25, 0.3) is 5.91 Å². The maximum absolute atomic E-state index is 12.6. The number of likely N-dealkylation sites (tertiary alicyclic amines) is 1. The van der Waals surface area contributed by atoms with Gasteiger partial charge in [-0.1, -0.05) is 12.1 Å². The highest BCUT2D eigenvalue weighted by molar-refractivity contribution is 5.95. The van der Waals surface area contributed by atoms with Crippen LogP contribution in [0.15, 0.2) is 16.7 Å². The van der Waals surface area contributed by atoms with E-state index in [1.165, 1.54) is 25.9 Å². The number of piperidine rings is 1. The summed E-state index contributed by atoms with van der Waals surface area (Å²) in [6.07, 6.45) is 4.78. The third kappa shape index (κ3) is 4.80. The van der Waals surface area contributed by atoms with Gasteiger partial charge in [-0.25, -0.2) is 0 Å². The van der Waals surface area contributed by atoms with Crippen molar-refractivity contribution in [2.24, 2.45) is 5.92 Å². The summed E-state index contributed by atoms with van der Waals surface area (Å²) >= 11 is 0. The summed E-state index contributed by atoms with van der Waals surface area (Å²) in [6.45, 7) is 12.4. The molecule has 0 atom stereocenters. The van der Waals surface area contributed by atoms with Gasteiger partial charge in [0.05, 0.1) is 5.56 Å². The molecule has 1 N–H and O–H groups in total. The van der Waals surface area contributed by atoms with Crippen molar-refractivity contribution in [1.82, 2.24) is 19.9 Å². The van der Waals surface area contributed by atoms with Crippen LogP contribution in [0.4, 0.5) is 0 Å². The van der Waals surface area contributed by atoms with Gasteiger partial charge in [-0.15, -0.1) is 0 Å². The third-order valence-electron chi connectivity index (χ3n) is 5.58. The Balaban J connectivity index is 1.47. The van der Waals surface area contributed by atoms with E-state index < -0.39 is 0 Å². The number of nitrogens with one attached hydrogen (secondary N) is 1. The first-order chi connectivity index (χ1) is 13.0. The molecule has 1 amide bonds. The van der Waals surface area contributed by atoms with E-state index in [1.807, 2.05) is 37.5 Å². The maximum Gasteiger partial charge on any atom is 0.253 e. The van der Waals surface area contributed by atoms with Crippen LogP contribution in [0.3, 0.4) is 0 Å². The summed E-state index contributed by atoms with van der Waals surface area (Å²) in [6, 6.07) is 3.80. The van der Waals surface area contributed by atoms with E-state index in [1.54, 1.807) is 0 Å². The zero-order valence-electron chi connectivity index (χ0n) is 17.0. The van der Waals surface area contributed by atoms with Crippen LogP contribution < -0.4 is 5.32 Å². The Morgan fingerprint density at radius 3 is 2.63 bits per heavy atom. The molecule has 0 aromatic carbocycles. The molecule has 0 saturated carbocycles. The lowest BCUT2D eigenvalue weighted by Gasteiger charge is -2.30. The number of amides is 1. The van der Waals surface area contributed by atoms with Crippen molar-refractivity contribution >= 4 is 5.91 Å². The number of nitrogens with zero attached hydrogens (tertiary/aromatic N) is 3. The predicted octanol–water partition coefficient (Wildman–Crippen LogP) is 3.63. The first kappa shape index (κ1) is 19.7. The van der Waals surface area contributed by atoms with Crippen LogP contribution in [0.1, 0.15) is 60.1 Å². The molecule has 6 heteroatoms. The molecule has 1 aliphatic heterocycles. The van der Waals surface area contributed by atoms with Gasteiger partial charge in [0.2, 0.25) is 0 Å². The largest absolute Gasteiger partial charge is 0.360 e. The molecule has 2 aromatic heterocycles. The van der Waals surface area contributed by atoms with Crippen molar-refractivity contribution < 1.29 is 9.32 Å². The van der Waals surface area contributed by atoms with Gasteiger partial charge in [0.1, 0.15) is 5.76 Å². The molecule has 148 valence electrons. The summed E-state index contributed by atoms with van der Waals surface area (Å²) in [5.74, 6) is 2.34. The van der Waals surface area contributed by atoms with Crippen molar-refractivity contribution in [1.29, 1.82) is 0 Å². The molecule has 2 aromatic rings. The lowest BCUT2D eigenvalue weighted by molar-refractivity contribution is 0.0951. The zero-order chi connectivity index (χ0) is 19.4. The Kier molecular flexibility index (Phi) is 6.37. The average molecular weight is 373 g/mol. The second-order valence-corrected chi connectivity index (χ2v) is 7.90. The van der Waals surface area contributed by atoms with E-state index in [-0.39, 0.29) is 5.91 Å². The highest BCUT2D eigenvalue weighted by Gasteiger charge is 2.18. The van der Waals surface area contributed by atoms with Gasteiger partial charge < -0.3 is 14.7 Å². The van der Waals surface area contributed by atoms with E-state index in [4.69, 9.17) is 4.52 Å². The fourth-order valence-corrected chi connectivity index (χ4v) is 3.85. The molecule has 1 aliphatic rings. The van der Waals surface area contributed by atoms with Gasteiger partial charge in [-0.3, -0.25) is 9.36 Å². The molecule has 3 rings (SSSR count). The highest BCUT2D eigenvalue weighted by Crippen LogP contribution is 2.21. The minimum atomic E-state index is -0.0126. The van der Waals surface area contributed by atoms with E-state index in [9.17, 15) is 4.79 Å². The van der Waals surface area contributed by atoms with Crippen LogP contribution in [0.5, 0.6) is 0 Å². The summed E-state index contributed by atoms with van der Waals surface area (Å²) in [7, 11) is 0. The molecule has 0 spiro atoms. The van der Waals surface area contributed by atoms with Gasteiger partial charge in [0.15, 0.2) is 5.82 Å². The standard InChI is InChI=1S/C21H32N4O2/c1-15-7-11-24(12-8-15)10-6-5-9-22-21(26)19-13-16(2)25(18(19)4)20-14-17(3)27-23-20/h13-15H,5-12H2,1-4H3,(H,22,26). The average Bonchev–Trinajstić information content (AvgIpc) is 3.18. The quantitative estimate of drug-likeness (QED) is 0.754. The third-order valence-corrected chi connectivity index (χ3v) is 5.58. The summed E-state index contributed by atoms with van der Waals surface area (Å²) in [5.41, 5.74) is 2.57. The molecule has 0 bridgehead atoms. The Morgan fingerprint density at radius 2 is 1.96 bits per heavy atom. The number of aromatic nitrogens is 2. The molecule has 0 unspecified atom stereocenters. The van der Waals surface area contributed by atoms with E-state index in [0.29, 0.717) is 5.56 Å². The Bertz CT molecular complexity index is 769. The van der Waals surface area contributed by atoms with Crippen molar-refractivity contribution in [2.75, 3.05) is 26.2 Å². The fraction of sp³-hybridized carbons (Fsp3) is 0.619. The summed E-state index contributed by atoms with van der Waals surface area (Å²) < 4.78 is 7.13. The predicted molar refractivity (Wildman–Crippen MR) is 106 cm³/mol. The van der Waals surface area contributed by atoms with E-state index in [2.05, 4.69) is 22.3 Å². The Labute approximate surface area is 161 Å². The van der Waals surface area contributed by atoms with Crippen molar-refractivity contribution in [3.63, 3.8) is 0 Å². The number of aryl methyl sites for hydroxylation is 2. The lowest BCUT2D eigenvalue weighted by Crippen LogP contribution is -2.34. The number of rotatable bonds is 7. The zero-order valence-corrected chi connectivity index (χ0v) is 17.0. The smallest absolute Gasteiger partial charge is 0.253 e. The SMILES string of the molecule is Cc1cc(-n2c(C)cc(C(=O)NCCCCN3CCC(C)CC3)c2C)no1. The Morgan fingerprint density at radius 1 is 1.22 bits per heavy atom. The van der Waals surface area contributed by atoms with Crippen molar-refractivity contribution in [3.05, 3.63) is 34.8 Å². The number of carbonyl (C=O) groups is 1. The minimum absolute atomic E-state index is 0.0126. The normalized spacial score (nSPS) is 16.0. The molecule has 27 heavy (non-hydrogen) atoms. The first-order valence-electron chi connectivity index (χ1n) is 10.1. The van der Waals surface area contributed by atoms with Crippen LogP contribution in [0.25, 0.3) is 5.82 Å². The van der Waals surface area contributed by atoms with Crippen LogP contribution in [-0.4, -0.2) is 46.7 Å². The molecule has 1 fully saturated rings. The van der Waals surface area contributed by atoms with Crippen LogP contribution >= 0.6 is 0 Å². The van der Waals surface area contributed by atoms with Crippen LogP contribution in [-0.2, 0) is 0 Å². The lowest BCUT2D eigenvalue weighted by atomic mass is 9.99. The van der Waals surface area contributed by atoms with E-state index in [0.717, 1.165) is 54.8 Å². The molecule has 0 radical (unpaired) electrons.